The Morgan fingerprint density at radius 2 is 2.12 bits per heavy atom. The number of aliphatic carboxylic acids is 1. The average Bonchev–Trinajstić information content (AvgIpc) is 3.18. The third kappa shape index (κ3) is 4.26. The molecule has 130 valence electrons. The van der Waals surface area contributed by atoms with Gasteiger partial charge in [-0.3, -0.25) is 14.4 Å². The average molecular weight is 342 g/mol. The van der Waals surface area contributed by atoms with E-state index in [1.165, 1.54) is 0 Å². The van der Waals surface area contributed by atoms with Gasteiger partial charge in [-0.05, 0) is 29.8 Å². The highest BCUT2D eigenvalue weighted by atomic mass is 16.4. The number of hydrogen-bond acceptors (Lipinski definition) is 4. The van der Waals surface area contributed by atoms with Crippen LogP contribution in [-0.2, 0) is 27.3 Å². The van der Waals surface area contributed by atoms with Gasteiger partial charge in [0.1, 0.15) is 5.76 Å². The van der Waals surface area contributed by atoms with Crippen LogP contribution in [0.1, 0.15) is 17.7 Å². The summed E-state index contributed by atoms with van der Waals surface area (Å²) in [6, 6.07) is 10.2. The molecule has 7 nitrogen and oxygen atoms in total. The summed E-state index contributed by atoms with van der Waals surface area (Å²) in [5.41, 5.74) is 1.13. The zero-order chi connectivity index (χ0) is 17.8. The number of carboxylic acid groups (broad SMARTS) is 1. The maximum Gasteiger partial charge on any atom is 0.307 e. The van der Waals surface area contributed by atoms with Crippen molar-refractivity contribution >= 4 is 23.5 Å². The zero-order valence-electron chi connectivity index (χ0n) is 13.5. The van der Waals surface area contributed by atoms with Gasteiger partial charge in [0.15, 0.2) is 0 Å². The van der Waals surface area contributed by atoms with Gasteiger partial charge < -0.3 is 19.7 Å². The van der Waals surface area contributed by atoms with Crippen LogP contribution in [0, 0.1) is 5.92 Å². The minimum Gasteiger partial charge on any atom is -0.481 e. The van der Waals surface area contributed by atoms with Crippen molar-refractivity contribution in [3.63, 3.8) is 0 Å². The van der Waals surface area contributed by atoms with E-state index in [2.05, 4.69) is 5.32 Å². The molecule has 1 aliphatic rings. The number of hydrogen-bond donors (Lipinski definition) is 2. The molecule has 1 unspecified atom stereocenters. The Morgan fingerprint density at radius 3 is 2.84 bits per heavy atom. The highest BCUT2D eigenvalue weighted by molar-refractivity contribution is 5.97. The molecule has 0 spiro atoms. The first-order valence-corrected chi connectivity index (χ1v) is 7.93. The molecule has 1 aliphatic heterocycles. The van der Waals surface area contributed by atoms with E-state index in [9.17, 15) is 14.4 Å². The van der Waals surface area contributed by atoms with Gasteiger partial charge in [-0.2, -0.15) is 0 Å². The van der Waals surface area contributed by atoms with Crippen LogP contribution in [-0.4, -0.2) is 34.3 Å². The second kappa shape index (κ2) is 7.21. The molecule has 1 aromatic heterocycles. The molecule has 1 aromatic carbocycles. The molecule has 2 heterocycles. The lowest BCUT2D eigenvalue weighted by molar-refractivity contribution is -0.136. The largest absolute Gasteiger partial charge is 0.481 e. The highest BCUT2D eigenvalue weighted by Gasteiger charge is 2.34. The summed E-state index contributed by atoms with van der Waals surface area (Å²) < 4.78 is 5.24. The monoisotopic (exact) mass is 342 g/mol. The molecule has 0 saturated carbocycles. The molecular formula is C18H18N2O5. The summed E-state index contributed by atoms with van der Waals surface area (Å²) in [6.07, 6.45) is 1.59. The molecule has 1 atom stereocenters. The predicted molar refractivity (Wildman–Crippen MR) is 88.6 cm³/mol. The number of benzene rings is 1. The van der Waals surface area contributed by atoms with Gasteiger partial charge in [-0.15, -0.1) is 0 Å². The van der Waals surface area contributed by atoms with E-state index in [4.69, 9.17) is 9.52 Å². The number of carboxylic acids is 1. The fourth-order valence-electron chi connectivity index (χ4n) is 2.87. The Kier molecular flexibility index (Phi) is 4.83. The van der Waals surface area contributed by atoms with Crippen molar-refractivity contribution in [2.75, 3.05) is 11.9 Å². The van der Waals surface area contributed by atoms with E-state index in [0.29, 0.717) is 30.1 Å². The van der Waals surface area contributed by atoms with Gasteiger partial charge in [0.25, 0.3) is 0 Å². The van der Waals surface area contributed by atoms with E-state index in [-0.39, 0.29) is 24.7 Å². The summed E-state index contributed by atoms with van der Waals surface area (Å²) in [5, 5.41) is 11.6. The molecular weight excluding hydrogens is 324 g/mol. The molecule has 1 fully saturated rings. The van der Waals surface area contributed by atoms with Crippen LogP contribution in [0.3, 0.4) is 0 Å². The van der Waals surface area contributed by atoms with E-state index < -0.39 is 11.9 Å². The van der Waals surface area contributed by atoms with Crippen molar-refractivity contribution in [2.45, 2.75) is 19.4 Å². The molecule has 2 N–H and O–H groups in total. The first-order valence-electron chi connectivity index (χ1n) is 7.93. The van der Waals surface area contributed by atoms with Crippen molar-refractivity contribution in [3.8, 4) is 0 Å². The second-order valence-electron chi connectivity index (χ2n) is 6.01. The summed E-state index contributed by atoms with van der Waals surface area (Å²) in [7, 11) is 0. The van der Waals surface area contributed by atoms with E-state index >= 15 is 0 Å². The van der Waals surface area contributed by atoms with Crippen LogP contribution in [0.4, 0.5) is 5.69 Å². The molecule has 2 aromatic rings. The maximum absolute atomic E-state index is 12.4. The number of carbonyl (C=O) groups is 3. The molecule has 7 heteroatoms. The van der Waals surface area contributed by atoms with Crippen molar-refractivity contribution < 1.29 is 23.9 Å². The normalized spacial score (nSPS) is 16.9. The van der Waals surface area contributed by atoms with Gasteiger partial charge in [0, 0.05) is 18.7 Å². The van der Waals surface area contributed by atoms with Crippen LogP contribution >= 0.6 is 0 Å². The Balaban J connectivity index is 1.60. The lowest BCUT2D eigenvalue weighted by Gasteiger charge is -2.15. The Hall–Kier alpha value is -3.09. The van der Waals surface area contributed by atoms with Gasteiger partial charge in [-0.1, -0.05) is 12.1 Å². The smallest absolute Gasteiger partial charge is 0.307 e. The highest BCUT2D eigenvalue weighted by Crippen LogP contribution is 2.22. The number of nitrogens with one attached hydrogen (secondary N) is 1. The molecule has 3 rings (SSSR count). The second-order valence-corrected chi connectivity index (χ2v) is 6.01. The van der Waals surface area contributed by atoms with Crippen LogP contribution in [0.5, 0.6) is 0 Å². The molecule has 0 radical (unpaired) electrons. The van der Waals surface area contributed by atoms with Crippen molar-refractivity contribution in [1.82, 2.24) is 4.90 Å². The lowest BCUT2D eigenvalue weighted by Crippen LogP contribution is -2.27. The third-order valence-electron chi connectivity index (χ3n) is 4.06. The molecule has 0 aliphatic carbocycles. The molecule has 0 bridgehead atoms. The number of nitrogens with zero attached hydrogens (tertiary/aromatic N) is 1. The Labute approximate surface area is 144 Å². The van der Waals surface area contributed by atoms with Crippen LogP contribution in [0.2, 0.25) is 0 Å². The maximum atomic E-state index is 12.4. The van der Waals surface area contributed by atoms with Gasteiger partial charge in [0.05, 0.1) is 25.1 Å². The topological polar surface area (TPSA) is 99.8 Å². The minimum atomic E-state index is -0.932. The zero-order valence-corrected chi connectivity index (χ0v) is 13.5. The number of anilines is 1. The predicted octanol–water partition coefficient (Wildman–Crippen LogP) is 1.89. The van der Waals surface area contributed by atoms with E-state index in [1.54, 1.807) is 47.6 Å². The van der Waals surface area contributed by atoms with Crippen LogP contribution < -0.4 is 5.32 Å². The number of likely N-dealkylation sites (tertiary alicyclic amines) is 1. The quantitative estimate of drug-likeness (QED) is 0.835. The van der Waals surface area contributed by atoms with Crippen molar-refractivity contribution in [1.29, 1.82) is 0 Å². The Bertz CT molecular complexity index is 785. The molecule has 2 amide bonds. The molecule has 25 heavy (non-hydrogen) atoms. The minimum absolute atomic E-state index is 0.0869. The fourth-order valence-corrected chi connectivity index (χ4v) is 2.87. The van der Waals surface area contributed by atoms with Crippen molar-refractivity contribution in [3.05, 3.63) is 54.0 Å². The summed E-state index contributed by atoms with van der Waals surface area (Å²) in [4.78, 5) is 36.9. The van der Waals surface area contributed by atoms with Gasteiger partial charge in [0.2, 0.25) is 11.8 Å². The summed E-state index contributed by atoms with van der Waals surface area (Å²) >= 11 is 0. The molecule has 1 saturated heterocycles. The van der Waals surface area contributed by atoms with Crippen LogP contribution in [0.15, 0.2) is 47.1 Å². The van der Waals surface area contributed by atoms with Gasteiger partial charge >= 0.3 is 5.97 Å². The standard InChI is InChI=1S/C18H18N2O5/c21-16-9-13(10-20(16)11-15-5-2-6-25-15)18(24)19-14-4-1-3-12(7-14)8-17(22)23/h1-7,13H,8-11H2,(H,19,24)(H,22,23). The van der Waals surface area contributed by atoms with E-state index in [0.717, 1.165) is 0 Å². The number of carbonyl (C=O) groups excluding carboxylic acids is 2. The number of rotatable bonds is 6. The summed E-state index contributed by atoms with van der Waals surface area (Å²) in [5.74, 6) is -1.03. The first kappa shape index (κ1) is 16.8. The number of furan rings is 1. The van der Waals surface area contributed by atoms with Crippen LogP contribution in [0.25, 0.3) is 0 Å². The summed E-state index contributed by atoms with van der Waals surface area (Å²) in [6.45, 7) is 0.684. The lowest BCUT2D eigenvalue weighted by atomic mass is 10.1. The number of amides is 2. The van der Waals surface area contributed by atoms with E-state index in [1.807, 2.05) is 0 Å². The van der Waals surface area contributed by atoms with Gasteiger partial charge in [-0.25, -0.2) is 0 Å². The SMILES string of the molecule is O=C(O)Cc1cccc(NC(=O)C2CC(=O)N(Cc3ccco3)C2)c1. The Morgan fingerprint density at radius 1 is 1.28 bits per heavy atom. The fraction of sp³-hybridized carbons (Fsp3) is 0.278. The van der Waals surface area contributed by atoms with Crippen molar-refractivity contribution in [2.24, 2.45) is 5.92 Å². The third-order valence-corrected chi connectivity index (χ3v) is 4.06. The first-order chi connectivity index (χ1) is 12.0.